The SMILES string of the molecule is COc1cccc(NC(=O)C[NH2+][C@H](C)c2cccc(Cl)c2)c1. The fraction of sp³-hybridized carbons (Fsp3) is 0.235. The number of amides is 1. The molecule has 2 rings (SSSR count). The second kappa shape index (κ2) is 7.82. The van der Waals surface area contributed by atoms with E-state index in [1.807, 2.05) is 54.7 Å². The van der Waals surface area contributed by atoms with Gasteiger partial charge in [-0.05, 0) is 31.2 Å². The Kier molecular flexibility index (Phi) is 5.81. The first-order valence-electron chi connectivity index (χ1n) is 7.11. The van der Waals surface area contributed by atoms with Crippen LogP contribution < -0.4 is 15.4 Å². The molecule has 22 heavy (non-hydrogen) atoms. The van der Waals surface area contributed by atoms with Gasteiger partial charge in [0, 0.05) is 22.3 Å². The van der Waals surface area contributed by atoms with Crippen LogP contribution in [0.2, 0.25) is 5.02 Å². The molecule has 5 heteroatoms. The van der Waals surface area contributed by atoms with Crippen molar-refractivity contribution >= 4 is 23.2 Å². The van der Waals surface area contributed by atoms with Crippen molar-refractivity contribution in [3.05, 3.63) is 59.1 Å². The molecular formula is C17H20ClN2O2+. The Labute approximate surface area is 135 Å². The standard InChI is InChI=1S/C17H19ClN2O2/c1-12(13-5-3-6-14(18)9-13)19-11-17(21)20-15-7-4-8-16(10-15)22-2/h3-10,12,19H,11H2,1-2H3,(H,20,21)/p+1/t12-/m1/s1. The van der Waals surface area contributed by atoms with E-state index in [9.17, 15) is 4.79 Å². The van der Waals surface area contributed by atoms with Gasteiger partial charge < -0.3 is 15.4 Å². The molecule has 0 spiro atoms. The van der Waals surface area contributed by atoms with E-state index in [2.05, 4.69) is 5.32 Å². The Morgan fingerprint density at radius 1 is 1.27 bits per heavy atom. The Balaban J connectivity index is 1.87. The van der Waals surface area contributed by atoms with E-state index >= 15 is 0 Å². The molecule has 116 valence electrons. The molecule has 0 aliphatic heterocycles. The van der Waals surface area contributed by atoms with Gasteiger partial charge in [-0.3, -0.25) is 4.79 Å². The summed E-state index contributed by atoms with van der Waals surface area (Å²) in [5.41, 5.74) is 1.83. The van der Waals surface area contributed by atoms with Crippen LogP contribution in [0.4, 0.5) is 5.69 Å². The molecule has 2 aromatic carbocycles. The van der Waals surface area contributed by atoms with E-state index in [1.165, 1.54) is 0 Å². The third-order valence-corrected chi connectivity index (χ3v) is 3.62. The van der Waals surface area contributed by atoms with Crippen LogP contribution in [0.1, 0.15) is 18.5 Å². The Bertz CT molecular complexity index is 646. The lowest BCUT2D eigenvalue weighted by Gasteiger charge is -2.12. The molecule has 0 aromatic heterocycles. The molecule has 0 aliphatic carbocycles. The molecular weight excluding hydrogens is 300 g/mol. The Morgan fingerprint density at radius 2 is 2.05 bits per heavy atom. The molecule has 1 amide bonds. The van der Waals surface area contributed by atoms with Crippen LogP contribution in [-0.4, -0.2) is 19.6 Å². The van der Waals surface area contributed by atoms with E-state index < -0.39 is 0 Å². The van der Waals surface area contributed by atoms with Crippen molar-refractivity contribution in [2.45, 2.75) is 13.0 Å². The van der Waals surface area contributed by atoms with Crippen LogP contribution in [0.5, 0.6) is 5.75 Å². The van der Waals surface area contributed by atoms with E-state index in [-0.39, 0.29) is 11.9 Å². The van der Waals surface area contributed by atoms with E-state index in [4.69, 9.17) is 16.3 Å². The van der Waals surface area contributed by atoms with Crippen molar-refractivity contribution in [1.29, 1.82) is 0 Å². The maximum absolute atomic E-state index is 12.0. The van der Waals surface area contributed by atoms with Gasteiger partial charge in [-0.2, -0.15) is 0 Å². The number of nitrogens with two attached hydrogens (primary N) is 1. The van der Waals surface area contributed by atoms with Crippen LogP contribution in [-0.2, 0) is 4.79 Å². The summed E-state index contributed by atoms with van der Waals surface area (Å²) in [6.45, 7) is 2.38. The van der Waals surface area contributed by atoms with Crippen molar-refractivity contribution in [2.75, 3.05) is 19.0 Å². The normalized spacial score (nSPS) is 11.8. The van der Waals surface area contributed by atoms with E-state index in [0.717, 1.165) is 11.3 Å². The fourth-order valence-corrected chi connectivity index (χ4v) is 2.32. The van der Waals surface area contributed by atoms with Crippen molar-refractivity contribution in [3.63, 3.8) is 0 Å². The van der Waals surface area contributed by atoms with Crippen LogP contribution in [0, 0.1) is 0 Å². The number of rotatable bonds is 6. The van der Waals surface area contributed by atoms with Crippen LogP contribution in [0.3, 0.4) is 0 Å². The van der Waals surface area contributed by atoms with Gasteiger partial charge in [0.05, 0.1) is 7.11 Å². The van der Waals surface area contributed by atoms with Gasteiger partial charge in [0.25, 0.3) is 5.91 Å². The van der Waals surface area contributed by atoms with Crippen molar-refractivity contribution in [3.8, 4) is 5.75 Å². The highest BCUT2D eigenvalue weighted by Gasteiger charge is 2.12. The first kappa shape index (κ1) is 16.3. The lowest BCUT2D eigenvalue weighted by molar-refractivity contribution is -0.682. The zero-order valence-electron chi connectivity index (χ0n) is 12.7. The number of hydrogen-bond acceptors (Lipinski definition) is 2. The number of nitrogens with one attached hydrogen (secondary N) is 1. The number of benzene rings is 2. The molecule has 0 bridgehead atoms. The highest BCUT2D eigenvalue weighted by Crippen LogP contribution is 2.16. The minimum Gasteiger partial charge on any atom is -0.497 e. The zero-order chi connectivity index (χ0) is 15.9. The summed E-state index contributed by atoms with van der Waals surface area (Å²) >= 11 is 5.98. The molecule has 0 aliphatic rings. The maximum Gasteiger partial charge on any atom is 0.279 e. The van der Waals surface area contributed by atoms with Gasteiger partial charge in [0.15, 0.2) is 6.54 Å². The average Bonchev–Trinajstić information content (AvgIpc) is 2.52. The predicted octanol–water partition coefficient (Wildman–Crippen LogP) is 2.61. The van der Waals surface area contributed by atoms with Gasteiger partial charge in [-0.1, -0.05) is 29.8 Å². The molecule has 3 N–H and O–H groups in total. The predicted molar refractivity (Wildman–Crippen MR) is 88.3 cm³/mol. The molecule has 0 saturated heterocycles. The van der Waals surface area contributed by atoms with Crippen LogP contribution in [0.25, 0.3) is 0 Å². The van der Waals surface area contributed by atoms with Crippen LogP contribution >= 0.6 is 11.6 Å². The summed E-state index contributed by atoms with van der Waals surface area (Å²) in [5, 5.41) is 5.54. The lowest BCUT2D eigenvalue weighted by Crippen LogP contribution is -2.86. The van der Waals surface area contributed by atoms with Crippen molar-refractivity contribution in [1.82, 2.24) is 0 Å². The van der Waals surface area contributed by atoms with Gasteiger partial charge >= 0.3 is 0 Å². The molecule has 4 nitrogen and oxygen atoms in total. The molecule has 0 radical (unpaired) electrons. The fourth-order valence-electron chi connectivity index (χ4n) is 2.12. The first-order valence-corrected chi connectivity index (χ1v) is 7.49. The summed E-state index contributed by atoms with van der Waals surface area (Å²) in [4.78, 5) is 12.0. The summed E-state index contributed by atoms with van der Waals surface area (Å²) in [5.74, 6) is 0.663. The highest BCUT2D eigenvalue weighted by atomic mass is 35.5. The molecule has 0 heterocycles. The topological polar surface area (TPSA) is 54.9 Å². The average molecular weight is 320 g/mol. The number of anilines is 1. The molecule has 2 aromatic rings. The third-order valence-electron chi connectivity index (χ3n) is 3.38. The molecule has 0 fully saturated rings. The lowest BCUT2D eigenvalue weighted by atomic mass is 10.1. The Morgan fingerprint density at radius 3 is 2.77 bits per heavy atom. The highest BCUT2D eigenvalue weighted by molar-refractivity contribution is 6.30. The number of carbonyl (C=O) groups is 1. The first-order chi connectivity index (χ1) is 10.6. The zero-order valence-corrected chi connectivity index (χ0v) is 13.4. The summed E-state index contributed by atoms with van der Waals surface area (Å²) in [6, 6.07) is 15.1. The Hall–Kier alpha value is -2.04. The van der Waals surface area contributed by atoms with Gasteiger partial charge in [-0.15, -0.1) is 0 Å². The summed E-state index contributed by atoms with van der Waals surface area (Å²) in [7, 11) is 1.60. The monoisotopic (exact) mass is 319 g/mol. The maximum atomic E-state index is 12.0. The van der Waals surface area contributed by atoms with E-state index in [0.29, 0.717) is 17.3 Å². The van der Waals surface area contributed by atoms with E-state index in [1.54, 1.807) is 13.2 Å². The van der Waals surface area contributed by atoms with Gasteiger partial charge in [0.2, 0.25) is 0 Å². The van der Waals surface area contributed by atoms with Gasteiger partial charge in [-0.25, -0.2) is 0 Å². The smallest absolute Gasteiger partial charge is 0.279 e. The molecule has 1 atom stereocenters. The summed E-state index contributed by atoms with van der Waals surface area (Å²) in [6.07, 6.45) is 0. The number of carbonyl (C=O) groups excluding carboxylic acids is 1. The quantitative estimate of drug-likeness (QED) is 0.860. The van der Waals surface area contributed by atoms with Gasteiger partial charge in [0.1, 0.15) is 11.8 Å². The number of methoxy groups -OCH3 is 1. The largest absolute Gasteiger partial charge is 0.497 e. The number of ether oxygens (including phenoxy) is 1. The number of hydrogen-bond donors (Lipinski definition) is 2. The minimum absolute atomic E-state index is 0.0536. The minimum atomic E-state index is -0.0536. The number of quaternary nitrogens is 1. The number of halogens is 1. The molecule has 0 saturated carbocycles. The van der Waals surface area contributed by atoms with Crippen molar-refractivity contribution < 1.29 is 14.8 Å². The molecule has 0 unspecified atom stereocenters. The van der Waals surface area contributed by atoms with Crippen LogP contribution in [0.15, 0.2) is 48.5 Å². The second-order valence-corrected chi connectivity index (χ2v) is 5.50. The summed E-state index contributed by atoms with van der Waals surface area (Å²) < 4.78 is 5.13. The van der Waals surface area contributed by atoms with Crippen molar-refractivity contribution in [2.24, 2.45) is 0 Å². The third kappa shape index (κ3) is 4.76. The second-order valence-electron chi connectivity index (χ2n) is 5.06.